The fourth-order valence-corrected chi connectivity index (χ4v) is 3.50. The highest BCUT2D eigenvalue weighted by molar-refractivity contribution is 7.09. The fourth-order valence-electron chi connectivity index (χ4n) is 2.62. The first-order valence-corrected chi connectivity index (χ1v) is 10.1. The molecule has 0 saturated carbocycles. The maximum Gasteiger partial charge on any atom is 0.191 e. The summed E-state index contributed by atoms with van der Waals surface area (Å²) in [6.07, 6.45) is 0. The van der Waals surface area contributed by atoms with Crippen LogP contribution in [0.1, 0.15) is 49.0 Å². The number of nitrogens with zero attached hydrogens (tertiary/aromatic N) is 3. The number of aliphatic imine (C=N–C) groups is 1. The van der Waals surface area contributed by atoms with Crippen molar-refractivity contribution < 1.29 is 0 Å². The number of hydrogen-bond acceptors (Lipinski definition) is 4. The summed E-state index contributed by atoms with van der Waals surface area (Å²) in [7, 11) is 4.21. The van der Waals surface area contributed by atoms with Crippen molar-refractivity contribution in [2.24, 2.45) is 4.99 Å². The van der Waals surface area contributed by atoms with Gasteiger partial charge in [-0.05, 0) is 32.5 Å². The second-order valence-corrected chi connectivity index (χ2v) is 7.73. The highest BCUT2D eigenvalue weighted by Gasteiger charge is 2.14. The molecular formula is C20H31N5S. The van der Waals surface area contributed by atoms with Gasteiger partial charge in [-0.15, -0.1) is 11.3 Å². The lowest BCUT2D eigenvalue weighted by Crippen LogP contribution is -2.41. The van der Waals surface area contributed by atoms with Crippen LogP contribution in [0.25, 0.3) is 0 Å². The molecule has 0 aliphatic rings. The highest BCUT2D eigenvalue weighted by Crippen LogP contribution is 2.18. The molecular weight excluding hydrogens is 342 g/mol. The maximum atomic E-state index is 4.71. The minimum atomic E-state index is 0.285. The SMILES string of the molecule is CCNC(=NCc1nc(C(C)C)cs1)NCC(c1ccccc1)N(C)C. The average Bonchev–Trinajstić information content (AvgIpc) is 3.10. The van der Waals surface area contributed by atoms with Crippen molar-refractivity contribution >= 4 is 17.3 Å². The van der Waals surface area contributed by atoms with Crippen LogP contribution in [-0.2, 0) is 6.54 Å². The van der Waals surface area contributed by atoms with Crippen molar-refractivity contribution in [1.29, 1.82) is 0 Å². The van der Waals surface area contributed by atoms with E-state index in [1.807, 2.05) is 0 Å². The lowest BCUT2D eigenvalue weighted by molar-refractivity contribution is 0.298. The lowest BCUT2D eigenvalue weighted by atomic mass is 10.1. The van der Waals surface area contributed by atoms with Gasteiger partial charge in [-0.1, -0.05) is 44.2 Å². The summed E-state index contributed by atoms with van der Waals surface area (Å²) < 4.78 is 0. The van der Waals surface area contributed by atoms with E-state index < -0.39 is 0 Å². The van der Waals surface area contributed by atoms with Gasteiger partial charge in [-0.3, -0.25) is 0 Å². The normalized spacial score (nSPS) is 13.3. The molecule has 0 radical (unpaired) electrons. The quantitative estimate of drug-likeness (QED) is 0.548. The van der Waals surface area contributed by atoms with Crippen molar-refractivity contribution in [2.45, 2.75) is 39.3 Å². The molecule has 6 heteroatoms. The Morgan fingerprint density at radius 2 is 1.92 bits per heavy atom. The van der Waals surface area contributed by atoms with Crippen molar-refractivity contribution in [1.82, 2.24) is 20.5 Å². The summed E-state index contributed by atoms with van der Waals surface area (Å²) in [5, 5.41) is 9.99. The Morgan fingerprint density at radius 3 is 2.50 bits per heavy atom. The van der Waals surface area contributed by atoms with Gasteiger partial charge in [0.1, 0.15) is 5.01 Å². The van der Waals surface area contributed by atoms with E-state index in [9.17, 15) is 0 Å². The topological polar surface area (TPSA) is 52.6 Å². The summed E-state index contributed by atoms with van der Waals surface area (Å²) in [6.45, 7) is 8.64. The number of nitrogens with one attached hydrogen (secondary N) is 2. The minimum Gasteiger partial charge on any atom is -0.357 e. The van der Waals surface area contributed by atoms with Crippen LogP contribution in [0.2, 0.25) is 0 Å². The molecule has 0 fully saturated rings. The van der Waals surface area contributed by atoms with E-state index in [4.69, 9.17) is 4.99 Å². The van der Waals surface area contributed by atoms with Gasteiger partial charge < -0.3 is 15.5 Å². The van der Waals surface area contributed by atoms with E-state index in [0.717, 1.165) is 29.8 Å². The molecule has 1 heterocycles. The lowest BCUT2D eigenvalue weighted by Gasteiger charge is -2.26. The predicted molar refractivity (Wildman–Crippen MR) is 112 cm³/mol. The Balaban J connectivity index is 2.01. The Morgan fingerprint density at radius 1 is 1.19 bits per heavy atom. The number of guanidine groups is 1. The number of likely N-dealkylation sites (N-methyl/N-ethyl adjacent to an activating group) is 1. The molecule has 0 amide bonds. The van der Waals surface area contributed by atoms with E-state index in [2.05, 4.69) is 91.1 Å². The molecule has 0 bridgehead atoms. The Labute approximate surface area is 161 Å². The van der Waals surface area contributed by atoms with Crippen LogP contribution in [0.5, 0.6) is 0 Å². The monoisotopic (exact) mass is 373 g/mol. The third kappa shape index (κ3) is 6.11. The number of benzene rings is 1. The van der Waals surface area contributed by atoms with Gasteiger partial charge in [0.2, 0.25) is 0 Å². The van der Waals surface area contributed by atoms with Gasteiger partial charge in [0.25, 0.3) is 0 Å². The molecule has 0 aliphatic carbocycles. The summed E-state index contributed by atoms with van der Waals surface area (Å²) in [5.74, 6) is 1.29. The molecule has 26 heavy (non-hydrogen) atoms. The molecule has 1 atom stereocenters. The molecule has 2 aromatic rings. The molecule has 0 saturated heterocycles. The first kappa shape index (κ1) is 20.4. The second kappa shape index (κ2) is 10.3. The van der Waals surface area contributed by atoms with Crippen LogP contribution in [0.15, 0.2) is 40.7 Å². The number of aromatic nitrogens is 1. The standard InChI is InChI=1S/C20H31N5S/c1-6-21-20(23-13-19-24-17(14-26-19)15(2)3)22-12-18(25(4)5)16-10-8-7-9-11-16/h7-11,14-15,18H,6,12-13H2,1-5H3,(H2,21,22,23). The summed E-state index contributed by atoms with van der Waals surface area (Å²) in [4.78, 5) is 11.6. The van der Waals surface area contributed by atoms with Crippen molar-refractivity contribution in [3.05, 3.63) is 52.0 Å². The summed E-state index contributed by atoms with van der Waals surface area (Å²) in [6, 6.07) is 10.8. The molecule has 0 spiro atoms. The Bertz CT molecular complexity index is 679. The number of rotatable bonds is 8. The average molecular weight is 374 g/mol. The number of hydrogen-bond donors (Lipinski definition) is 2. The Kier molecular flexibility index (Phi) is 8.06. The maximum absolute atomic E-state index is 4.71. The Hall–Kier alpha value is -1.92. The van der Waals surface area contributed by atoms with Crippen molar-refractivity contribution in [2.75, 3.05) is 27.2 Å². The largest absolute Gasteiger partial charge is 0.357 e. The van der Waals surface area contributed by atoms with Gasteiger partial charge in [0.05, 0.1) is 18.3 Å². The van der Waals surface area contributed by atoms with Crippen LogP contribution in [0.3, 0.4) is 0 Å². The third-order valence-corrected chi connectivity index (χ3v) is 5.00. The van der Waals surface area contributed by atoms with E-state index in [-0.39, 0.29) is 6.04 Å². The van der Waals surface area contributed by atoms with Crippen LogP contribution in [0, 0.1) is 0 Å². The summed E-state index contributed by atoms with van der Waals surface area (Å²) >= 11 is 1.68. The zero-order valence-electron chi connectivity index (χ0n) is 16.5. The molecule has 2 N–H and O–H groups in total. The van der Waals surface area contributed by atoms with Crippen molar-refractivity contribution in [3.63, 3.8) is 0 Å². The molecule has 5 nitrogen and oxygen atoms in total. The van der Waals surface area contributed by atoms with Gasteiger partial charge in [-0.25, -0.2) is 9.98 Å². The van der Waals surface area contributed by atoms with Crippen molar-refractivity contribution in [3.8, 4) is 0 Å². The van der Waals surface area contributed by atoms with Crippen LogP contribution < -0.4 is 10.6 Å². The summed E-state index contributed by atoms with van der Waals surface area (Å²) in [5.41, 5.74) is 2.44. The van der Waals surface area contributed by atoms with Gasteiger partial charge >= 0.3 is 0 Å². The van der Waals surface area contributed by atoms with Crippen LogP contribution in [0.4, 0.5) is 0 Å². The van der Waals surface area contributed by atoms with Gasteiger partial charge in [-0.2, -0.15) is 0 Å². The molecule has 1 aromatic heterocycles. The first-order chi connectivity index (χ1) is 12.5. The third-order valence-electron chi connectivity index (χ3n) is 4.15. The van der Waals surface area contributed by atoms with Crippen LogP contribution >= 0.6 is 11.3 Å². The molecule has 1 aromatic carbocycles. The molecule has 142 valence electrons. The zero-order valence-corrected chi connectivity index (χ0v) is 17.3. The van der Waals surface area contributed by atoms with Crippen LogP contribution in [-0.4, -0.2) is 43.0 Å². The predicted octanol–water partition coefficient (Wildman–Crippen LogP) is 3.62. The first-order valence-electron chi connectivity index (χ1n) is 9.19. The van der Waals surface area contributed by atoms with Gasteiger partial charge in [0.15, 0.2) is 5.96 Å². The number of thiazole rings is 1. The molecule has 0 aliphatic heterocycles. The van der Waals surface area contributed by atoms with E-state index in [1.165, 1.54) is 5.56 Å². The fraction of sp³-hybridized carbons (Fsp3) is 0.500. The van der Waals surface area contributed by atoms with Gasteiger partial charge in [0, 0.05) is 18.5 Å². The molecule has 1 unspecified atom stereocenters. The van der Waals surface area contributed by atoms with E-state index in [1.54, 1.807) is 11.3 Å². The smallest absolute Gasteiger partial charge is 0.191 e. The van der Waals surface area contributed by atoms with E-state index >= 15 is 0 Å². The minimum absolute atomic E-state index is 0.285. The second-order valence-electron chi connectivity index (χ2n) is 6.79. The highest BCUT2D eigenvalue weighted by atomic mass is 32.1. The molecule has 2 rings (SSSR count). The van der Waals surface area contributed by atoms with E-state index in [0.29, 0.717) is 12.5 Å². The zero-order chi connectivity index (χ0) is 18.9.